The van der Waals surface area contributed by atoms with Gasteiger partial charge in [-0.15, -0.1) is 0 Å². The fourth-order valence-corrected chi connectivity index (χ4v) is 5.58. The van der Waals surface area contributed by atoms with Crippen LogP contribution in [0.4, 0.5) is 5.82 Å². The van der Waals surface area contributed by atoms with E-state index >= 15 is 0 Å². The summed E-state index contributed by atoms with van der Waals surface area (Å²) in [6.07, 6.45) is 3.30. The third kappa shape index (κ3) is 3.92. The monoisotopic (exact) mass is 454 g/mol. The fourth-order valence-electron chi connectivity index (χ4n) is 3.43. The van der Waals surface area contributed by atoms with Crippen LogP contribution in [-0.4, -0.2) is 58.5 Å². The van der Waals surface area contributed by atoms with Gasteiger partial charge in [0.05, 0.1) is 5.02 Å². The highest BCUT2D eigenvalue weighted by molar-refractivity contribution is 7.89. The second-order valence-corrected chi connectivity index (χ2v) is 9.54. The van der Waals surface area contributed by atoms with E-state index < -0.39 is 10.0 Å². The van der Waals surface area contributed by atoms with Gasteiger partial charge in [0, 0.05) is 43.0 Å². The van der Waals surface area contributed by atoms with Crippen molar-refractivity contribution in [1.82, 2.24) is 23.9 Å². The minimum atomic E-state index is -3.73. The molecule has 2 aromatic heterocycles. The van der Waals surface area contributed by atoms with Crippen LogP contribution in [0.15, 0.2) is 35.5 Å². The van der Waals surface area contributed by atoms with Crippen LogP contribution in [0.5, 0.6) is 0 Å². The van der Waals surface area contributed by atoms with E-state index in [2.05, 4.69) is 26.9 Å². The highest BCUT2D eigenvalue weighted by atomic mass is 35.5. The van der Waals surface area contributed by atoms with Gasteiger partial charge in [0.2, 0.25) is 10.0 Å². The maximum absolute atomic E-state index is 13.0. The standard InChI is InChI=1S/C18H20Cl2N6O2S/c1-2-3-14-11-17(26-18(23-14)21-12-22-26)24-6-8-25(9-7-24)29(27,28)16-10-13(19)4-5-15(16)20/h4-5,10-12H,2-3,6-9H2,1H3. The second kappa shape index (κ2) is 8.06. The summed E-state index contributed by atoms with van der Waals surface area (Å²) in [5.74, 6) is 1.42. The van der Waals surface area contributed by atoms with Crippen LogP contribution in [0.25, 0.3) is 5.78 Å². The number of fused-ring (bicyclic) bond motifs is 1. The largest absolute Gasteiger partial charge is 0.354 e. The number of benzene rings is 1. The van der Waals surface area contributed by atoms with Gasteiger partial charge in [0.25, 0.3) is 5.78 Å². The molecule has 29 heavy (non-hydrogen) atoms. The van der Waals surface area contributed by atoms with E-state index in [1.54, 1.807) is 10.6 Å². The van der Waals surface area contributed by atoms with Crippen LogP contribution >= 0.6 is 23.2 Å². The smallest absolute Gasteiger partial charge is 0.254 e. The summed E-state index contributed by atoms with van der Waals surface area (Å²) in [6.45, 7) is 3.78. The molecule has 1 aliphatic heterocycles. The number of halogens is 2. The van der Waals surface area contributed by atoms with Gasteiger partial charge >= 0.3 is 0 Å². The molecule has 0 unspecified atom stereocenters. The van der Waals surface area contributed by atoms with Gasteiger partial charge in [-0.25, -0.2) is 13.4 Å². The lowest BCUT2D eigenvalue weighted by atomic mass is 10.2. The lowest BCUT2D eigenvalue weighted by molar-refractivity contribution is 0.383. The van der Waals surface area contributed by atoms with Crippen LogP contribution < -0.4 is 4.90 Å². The van der Waals surface area contributed by atoms with Gasteiger partial charge in [0.15, 0.2) is 0 Å². The van der Waals surface area contributed by atoms with E-state index in [0.717, 1.165) is 24.4 Å². The Morgan fingerprint density at radius 2 is 1.86 bits per heavy atom. The molecule has 1 saturated heterocycles. The van der Waals surface area contributed by atoms with Crippen molar-refractivity contribution in [2.75, 3.05) is 31.1 Å². The summed E-state index contributed by atoms with van der Waals surface area (Å²) in [5.41, 5.74) is 0.948. The van der Waals surface area contributed by atoms with E-state index in [1.165, 1.54) is 22.8 Å². The van der Waals surface area contributed by atoms with Gasteiger partial charge in [-0.05, 0) is 24.6 Å². The topological polar surface area (TPSA) is 83.7 Å². The number of rotatable bonds is 5. The van der Waals surface area contributed by atoms with Gasteiger partial charge < -0.3 is 4.90 Å². The average molecular weight is 455 g/mol. The van der Waals surface area contributed by atoms with Crippen molar-refractivity contribution in [1.29, 1.82) is 0 Å². The summed E-state index contributed by atoms with van der Waals surface area (Å²) in [7, 11) is -3.73. The number of nitrogens with zero attached hydrogens (tertiary/aromatic N) is 6. The summed E-state index contributed by atoms with van der Waals surface area (Å²) >= 11 is 12.1. The predicted molar refractivity (Wildman–Crippen MR) is 112 cm³/mol. The molecular weight excluding hydrogens is 435 g/mol. The van der Waals surface area contributed by atoms with Crippen LogP contribution in [0.3, 0.4) is 0 Å². The number of piperazine rings is 1. The predicted octanol–water partition coefficient (Wildman–Crippen LogP) is 2.89. The zero-order valence-corrected chi connectivity index (χ0v) is 18.1. The van der Waals surface area contributed by atoms with Gasteiger partial charge in [-0.2, -0.15) is 18.9 Å². The highest BCUT2D eigenvalue weighted by Crippen LogP contribution is 2.29. The van der Waals surface area contributed by atoms with Crippen molar-refractivity contribution in [3.63, 3.8) is 0 Å². The first-order valence-corrected chi connectivity index (χ1v) is 11.5. The van der Waals surface area contributed by atoms with Gasteiger partial charge in [-0.3, -0.25) is 0 Å². The zero-order valence-electron chi connectivity index (χ0n) is 15.8. The first-order chi connectivity index (χ1) is 13.9. The van der Waals surface area contributed by atoms with E-state index in [0.29, 0.717) is 37.0 Å². The van der Waals surface area contributed by atoms with E-state index in [4.69, 9.17) is 23.2 Å². The van der Waals surface area contributed by atoms with Crippen LogP contribution in [0.1, 0.15) is 19.0 Å². The second-order valence-electron chi connectivity index (χ2n) is 6.79. The van der Waals surface area contributed by atoms with Crippen molar-refractivity contribution < 1.29 is 8.42 Å². The number of sulfonamides is 1. The number of anilines is 1. The molecular formula is C18H20Cl2N6O2S. The van der Waals surface area contributed by atoms with E-state index in [-0.39, 0.29) is 9.92 Å². The Labute approximate surface area is 179 Å². The Morgan fingerprint density at radius 3 is 2.59 bits per heavy atom. The van der Waals surface area contributed by atoms with Crippen LogP contribution in [0.2, 0.25) is 10.0 Å². The Morgan fingerprint density at radius 1 is 1.10 bits per heavy atom. The van der Waals surface area contributed by atoms with Crippen molar-refractivity contribution >= 4 is 44.8 Å². The maximum atomic E-state index is 13.0. The number of aryl methyl sites for hydroxylation is 1. The summed E-state index contributed by atoms with van der Waals surface area (Å²) in [6, 6.07) is 6.47. The van der Waals surface area contributed by atoms with E-state index in [9.17, 15) is 8.42 Å². The molecule has 3 aromatic rings. The Bertz CT molecular complexity index is 1140. The molecule has 1 aliphatic rings. The van der Waals surface area contributed by atoms with Crippen molar-refractivity contribution in [3.8, 4) is 0 Å². The molecule has 0 atom stereocenters. The van der Waals surface area contributed by atoms with Gasteiger partial charge in [0.1, 0.15) is 17.0 Å². The van der Waals surface area contributed by atoms with Gasteiger partial charge in [-0.1, -0.05) is 36.5 Å². The molecule has 0 N–H and O–H groups in total. The molecule has 0 saturated carbocycles. The average Bonchev–Trinajstić information content (AvgIpc) is 3.18. The molecule has 1 fully saturated rings. The van der Waals surface area contributed by atoms with Crippen molar-refractivity contribution in [3.05, 3.63) is 46.3 Å². The molecule has 154 valence electrons. The molecule has 1 aromatic carbocycles. The summed E-state index contributed by atoms with van der Waals surface area (Å²) < 4.78 is 29.2. The summed E-state index contributed by atoms with van der Waals surface area (Å²) in [5, 5.41) is 4.77. The third-order valence-corrected chi connectivity index (χ3v) is 7.48. The minimum absolute atomic E-state index is 0.0351. The minimum Gasteiger partial charge on any atom is -0.354 e. The van der Waals surface area contributed by atoms with Crippen molar-refractivity contribution in [2.24, 2.45) is 0 Å². The molecule has 3 heterocycles. The highest BCUT2D eigenvalue weighted by Gasteiger charge is 2.31. The summed E-state index contributed by atoms with van der Waals surface area (Å²) in [4.78, 5) is 10.9. The normalized spacial score (nSPS) is 15.9. The quantitative estimate of drug-likeness (QED) is 0.589. The van der Waals surface area contributed by atoms with Crippen LogP contribution in [-0.2, 0) is 16.4 Å². The Kier molecular flexibility index (Phi) is 5.65. The molecule has 11 heteroatoms. The number of hydrogen-bond acceptors (Lipinski definition) is 6. The lowest BCUT2D eigenvalue weighted by Gasteiger charge is -2.35. The SMILES string of the molecule is CCCc1cc(N2CCN(S(=O)(=O)c3cc(Cl)ccc3Cl)CC2)n2ncnc2n1. The Hall–Kier alpha value is -1.94. The molecule has 0 amide bonds. The zero-order chi connectivity index (χ0) is 20.6. The Balaban J connectivity index is 1.58. The molecule has 0 spiro atoms. The van der Waals surface area contributed by atoms with E-state index in [1.807, 2.05) is 6.07 Å². The molecule has 8 nitrogen and oxygen atoms in total. The molecule has 0 radical (unpaired) electrons. The van der Waals surface area contributed by atoms with Crippen LogP contribution in [0, 0.1) is 0 Å². The lowest BCUT2D eigenvalue weighted by Crippen LogP contribution is -2.49. The fraction of sp³-hybridized carbons (Fsp3) is 0.389. The first-order valence-electron chi connectivity index (χ1n) is 9.30. The first kappa shape index (κ1) is 20.3. The molecule has 4 rings (SSSR count). The number of aromatic nitrogens is 4. The molecule has 0 aliphatic carbocycles. The van der Waals surface area contributed by atoms with Crippen molar-refractivity contribution in [2.45, 2.75) is 24.7 Å². The number of hydrogen-bond donors (Lipinski definition) is 0. The maximum Gasteiger partial charge on any atom is 0.254 e. The molecule has 0 bridgehead atoms. The third-order valence-electron chi connectivity index (χ3n) is 4.87.